The molecule has 6 nitrogen and oxygen atoms in total. The van der Waals surface area contributed by atoms with Gasteiger partial charge < -0.3 is 14.0 Å². The van der Waals surface area contributed by atoms with Crippen LogP contribution in [0, 0.1) is 0 Å². The maximum Gasteiger partial charge on any atom is 0.273 e. The zero-order valence-electron chi connectivity index (χ0n) is 18.9. The van der Waals surface area contributed by atoms with Crippen LogP contribution < -0.4 is 14.9 Å². The van der Waals surface area contributed by atoms with Crippen molar-refractivity contribution in [2.75, 3.05) is 6.61 Å². The van der Waals surface area contributed by atoms with Gasteiger partial charge >= 0.3 is 0 Å². The molecule has 4 rings (SSSR count). The molecule has 3 aromatic carbocycles. The van der Waals surface area contributed by atoms with Crippen molar-refractivity contribution >= 4 is 39.7 Å². The number of aromatic nitrogens is 1. The maximum absolute atomic E-state index is 12.8. The van der Waals surface area contributed by atoms with Crippen molar-refractivity contribution in [1.82, 2.24) is 9.99 Å². The van der Waals surface area contributed by atoms with Crippen LogP contribution in [0.25, 0.3) is 5.69 Å². The van der Waals surface area contributed by atoms with Crippen molar-refractivity contribution < 1.29 is 14.3 Å². The average Bonchev–Trinajstić information content (AvgIpc) is 3.40. The van der Waals surface area contributed by atoms with Gasteiger partial charge in [-0.15, -0.1) is 0 Å². The summed E-state index contributed by atoms with van der Waals surface area (Å²) >= 11 is 9.81. The smallest absolute Gasteiger partial charge is 0.273 e. The van der Waals surface area contributed by atoms with E-state index in [0.29, 0.717) is 39.8 Å². The number of benzene rings is 3. The molecule has 178 valence electrons. The van der Waals surface area contributed by atoms with E-state index >= 15 is 0 Å². The number of amides is 1. The predicted octanol–water partition coefficient (Wildman–Crippen LogP) is 6.63. The topological polar surface area (TPSA) is 64.8 Å². The van der Waals surface area contributed by atoms with E-state index in [2.05, 4.69) is 26.5 Å². The number of halogens is 2. The summed E-state index contributed by atoms with van der Waals surface area (Å²) in [7, 11) is 0. The van der Waals surface area contributed by atoms with Gasteiger partial charge in [0.15, 0.2) is 11.5 Å². The number of hydrazone groups is 1. The molecule has 1 amide bonds. The SMILES string of the molecule is CCOc1cc(/C=N/NC(=O)c2ccccc2-n2cccc2)cc(Br)c1OCc1ccccc1Cl. The summed E-state index contributed by atoms with van der Waals surface area (Å²) in [6.07, 6.45) is 5.33. The van der Waals surface area contributed by atoms with Crippen LogP contribution in [0.4, 0.5) is 0 Å². The molecule has 0 aliphatic heterocycles. The van der Waals surface area contributed by atoms with Gasteiger partial charge in [-0.3, -0.25) is 4.79 Å². The highest BCUT2D eigenvalue weighted by Gasteiger charge is 2.14. The van der Waals surface area contributed by atoms with Gasteiger partial charge in [-0.25, -0.2) is 5.43 Å². The second-order valence-electron chi connectivity index (χ2n) is 7.45. The highest BCUT2D eigenvalue weighted by atomic mass is 79.9. The number of hydrogen-bond acceptors (Lipinski definition) is 4. The van der Waals surface area contributed by atoms with Crippen LogP contribution in [0.3, 0.4) is 0 Å². The fourth-order valence-corrected chi connectivity index (χ4v) is 4.21. The molecule has 1 N–H and O–H groups in total. The van der Waals surface area contributed by atoms with Crippen LogP contribution in [-0.2, 0) is 6.61 Å². The molecular formula is C27H23BrClN3O3. The van der Waals surface area contributed by atoms with Gasteiger partial charge in [0, 0.05) is 23.0 Å². The Morgan fingerprint density at radius 1 is 1.06 bits per heavy atom. The number of carbonyl (C=O) groups is 1. The Balaban J connectivity index is 1.49. The van der Waals surface area contributed by atoms with Crippen molar-refractivity contribution in [3.8, 4) is 17.2 Å². The predicted molar refractivity (Wildman–Crippen MR) is 142 cm³/mol. The lowest BCUT2D eigenvalue weighted by Crippen LogP contribution is -2.19. The molecule has 0 saturated carbocycles. The average molecular weight is 553 g/mol. The molecule has 0 spiro atoms. The van der Waals surface area contributed by atoms with Gasteiger partial charge in [0.2, 0.25) is 0 Å². The van der Waals surface area contributed by atoms with E-state index in [9.17, 15) is 4.79 Å². The van der Waals surface area contributed by atoms with Crippen LogP contribution in [0.1, 0.15) is 28.4 Å². The number of carbonyl (C=O) groups excluding carboxylic acids is 1. The first-order valence-corrected chi connectivity index (χ1v) is 12.1. The first kappa shape index (κ1) is 24.6. The lowest BCUT2D eigenvalue weighted by atomic mass is 10.1. The number of nitrogens with zero attached hydrogens (tertiary/aromatic N) is 2. The zero-order valence-corrected chi connectivity index (χ0v) is 21.3. The Morgan fingerprint density at radius 2 is 1.80 bits per heavy atom. The molecule has 0 saturated heterocycles. The highest BCUT2D eigenvalue weighted by Crippen LogP contribution is 2.37. The van der Waals surface area contributed by atoms with E-state index in [-0.39, 0.29) is 5.91 Å². The van der Waals surface area contributed by atoms with Gasteiger partial charge in [-0.2, -0.15) is 5.10 Å². The molecule has 0 fully saturated rings. The number of nitrogens with one attached hydrogen (secondary N) is 1. The Bertz CT molecular complexity index is 1340. The minimum absolute atomic E-state index is 0.294. The van der Waals surface area contributed by atoms with Crippen LogP contribution >= 0.6 is 27.5 Å². The summed E-state index contributed by atoms with van der Waals surface area (Å²) in [4.78, 5) is 12.8. The largest absolute Gasteiger partial charge is 0.490 e. The molecule has 35 heavy (non-hydrogen) atoms. The molecule has 0 aliphatic rings. The molecule has 4 aromatic rings. The second kappa shape index (κ2) is 11.7. The Hall–Kier alpha value is -3.55. The van der Waals surface area contributed by atoms with E-state index < -0.39 is 0 Å². The maximum atomic E-state index is 12.8. The summed E-state index contributed by atoms with van der Waals surface area (Å²) in [6.45, 7) is 2.65. The number of ether oxygens (including phenoxy) is 2. The first-order valence-electron chi connectivity index (χ1n) is 10.9. The third-order valence-electron chi connectivity index (χ3n) is 5.07. The van der Waals surface area contributed by atoms with Crippen LogP contribution in [0.2, 0.25) is 5.02 Å². The number of rotatable bonds is 9. The summed E-state index contributed by atoms with van der Waals surface area (Å²) < 4.78 is 14.4. The van der Waals surface area contributed by atoms with Gasteiger partial charge in [0.25, 0.3) is 5.91 Å². The first-order chi connectivity index (χ1) is 17.1. The van der Waals surface area contributed by atoms with E-state index in [1.54, 1.807) is 18.3 Å². The minimum Gasteiger partial charge on any atom is -0.490 e. The van der Waals surface area contributed by atoms with E-state index in [1.807, 2.05) is 84.5 Å². The van der Waals surface area contributed by atoms with Crippen LogP contribution in [0.5, 0.6) is 11.5 Å². The lowest BCUT2D eigenvalue weighted by Gasteiger charge is -2.15. The minimum atomic E-state index is -0.311. The summed E-state index contributed by atoms with van der Waals surface area (Å²) in [5.74, 6) is 0.808. The normalized spacial score (nSPS) is 10.9. The Kier molecular flexibility index (Phi) is 8.23. The Labute approximate surface area is 217 Å². The molecule has 8 heteroatoms. The van der Waals surface area contributed by atoms with Gasteiger partial charge in [-0.1, -0.05) is 41.9 Å². The fourth-order valence-electron chi connectivity index (χ4n) is 3.44. The molecule has 0 radical (unpaired) electrons. The van der Waals surface area contributed by atoms with Crippen molar-refractivity contribution in [2.45, 2.75) is 13.5 Å². The molecule has 1 aromatic heterocycles. The van der Waals surface area contributed by atoms with Gasteiger partial charge in [0.1, 0.15) is 6.61 Å². The third-order valence-corrected chi connectivity index (χ3v) is 6.03. The molecule has 0 bridgehead atoms. The van der Waals surface area contributed by atoms with E-state index in [0.717, 1.165) is 16.8 Å². The van der Waals surface area contributed by atoms with Gasteiger partial charge in [0.05, 0.1) is 28.5 Å². The van der Waals surface area contributed by atoms with E-state index in [4.69, 9.17) is 21.1 Å². The molecule has 1 heterocycles. The second-order valence-corrected chi connectivity index (χ2v) is 8.71. The summed E-state index contributed by atoms with van der Waals surface area (Å²) in [6, 6.07) is 22.3. The standard InChI is InChI=1S/C27H23BrClN3O3/c1-2-34-25-16-19(15-22(28)26(25)35-18-20-9-3-5-11-23(20)29)17-30-31-27(33)21-10-4-6-12-24(21)32-13-7-8-14-32/h3-17H,2,18H2,1H3,(H,31,33)/b30-17+. The van der Waals surface area contributed by atoms with Crippen molar-refractivity contribution in [1.29, 1.82) is 0 Å². The number of hydrogen-bond donors (Lipinski definition) is 1. The third kappa shape index (κ3) is 6.12. The fraction of sp³-hybridized carbons (Fsp3) is 0.111. The van der Waals surface area contributed by atoms with Crippen molar-refractivity contribution in [2.24, 2.45) is 5.10 Å². The number of para-hydroxylation sites is 1. The van der Waals surface area contributed by atoms with E-state index in [1.165, 1.54) is 0 Å². The lowest BCUT2D eigenvalue weighted by molar-refractivity contribution is 0.0955. The van der Waals surface area contributed by atoms with Crippen molar-refractivity contribution in [3.05, 3.63) is 111 Å². The Morgan fingerprint density at radius 3 is 2.57 bits per heavy atom. The molecule has 0 atom stereocenters. The molecule has 0 unspecified atom stereocenters. The monoisotopic (exact) mass is 551 g/mol. The summed E-state index contributed by atoms with van der Waals surface area (Å²) in [5, 5.41) is 4.79. The van der Waals surface area contributed by atoms with Gasteiger partial charge in [-0.05, 0) is 70.9 Å². The quantitative estimate of drug-likeness (QED) is 0.187. The van der Waals surface area contributed by atoms with Crippen LogP contribution in [-0.4, -0.2) is 23.3 Å². The van der Waals surface area contributed by atoms with Crippen molar-refractivity contribution in [3.63, 3.8) is 0 Å². The summed E-state index contributed by atoms with van der Waals surface area (Å²) in [5.41, 5.74) is 5.49. The molecular weight excluding hydrogens is 530 g/mol. The molecule has 0 aliphatic carbocycles. The zero-order chi connectivity index (χ0) is 24.6. The highest BCUT2D eigenvalue weighted by molar-refractivity contribution is 9.10. The van der Waals surface area contributed by atoms with Crippen LogP contribution in [0.15, 0.2) is 94.8 Å².